The van der Waals surface area contributed by atoms with E-state index in [0.717, 1.165) is 16.7 Å². The van der Waals surface area contributed by atoms with Crippen molar-refractivity contribution in [2.24, 2.45) is 5.92 Å². The third kappa shape index (κ3) is 7.67. The van der Waals surface area contributed by atoms with E-state index in [1.54, 1.807) is 18.2 Å². The predicted octanol–water partition coefficient (Wildman–Crippen LogP) is 5.23. The van der Waals surface area contributed by atoms with Crippen molar-refractivity contribution < 1.29 is 18.7 Å². The molecule has 1 atom stereocenters. The van der Waals surface area contributed by atoms with Gasteiger partial charge in [-0.2, -0.15) is 0 Å². The maximum absolute atomic E-state index is 14.6. The number of carbonyl (C=O) groups excluding carboxylic acids is 2. The fraction of sp³-hybridized carbons (Fsp3) is 0.333. The summed E-state index contributed by atoms with van der Waals surface area (Å²) in [5.41, 5.74) is 3.17. The van der Waals surface area contributed by atoms with Gasteiger partial charge in [0.05, 0.1) is 0 Å². The maximum atomic E-state index is 14.6. The van der Waals surface area contributed by atoms with E-state index >= 15 is 0 Å². The normalized spacial score (nSPS) is 11.7. The Morgan fingerprint density at radius 3 is 2.36 bits per heavy atom. The summed E-state index contributed by atoms with van der Waals surface area (Å²) in [6.45, 7) is 8.04. The average molecular weight is 491 g/mol. The van der Waals surface area contributed by atoms with Crippen LogP contribution in [0.5, 0.6) is 5.75 Å². The van der Waals surface area contributed by atoms with Crippen LogP contribution in [0.15, 0.2) is 72.8 Å². The van der Waals surface area contributed by atoms with Gasteiger partial charge in [0, 0.05) is 25.1 Å². The Morgan fingerprint density at radius 1 is 0.972 bits per heavy atom. The van der Waals surface area contributed by atoms with Crippen LogP contribution in [0.3, 0.4) is 0 Å². The molecule has 0 aliphatic heterocycles. The summed E-state index contributed by atoms with van der Waals surface area (Å²) in [5.74, 6) is -0.233. The number of amides is 2. The predicted molar refractivity (Wildman–Crippen MR) is 140 cm³/mol. The second-order valence-corrected chi connectivity index (χ2v) is 9.52. The first kappa shape index (κ1) is 26.9. The van der Waals surface area contributed by atoms with Crippen molar-refractivity contribution in [3.63, 3.8) is 0 Å². The molecule has 2 amide bonds. The van der Waals surface area contributed by atoms with Crippen molar-refractivity contribution in [1.29, 1.82) is 0 Å². The summed E-state index contributed by atoms with van der Waals surface area (Å²) < 4.78 is 20.5. The first-order chi connectivity index (χ1) is 17.2. The highest BCUT2D eigenvalue weighted by atomic mass is 19.1. The van der Waals surface area contributed by atoms with Crippen molar-refractivity contribution in [2.75, 3.05) is 13.2 Å². The first-order valence-corrected chi connectivity index (χ1v) is 12.3. The standard InChI is InChI=1S/C30H35FN2O3/c1-21(2)18-32-30(35)27(17-24-10-6-5-7-11-24)33(19-25-12-8-9-13-26(25)31)29(34)20-36-28-16-22(3)14-15-23(28)4/h5-16,21,27H,17-20H2,1-4H3,(H,32,35)/t27-/m1/s1. The number of rotatable bonds is 11. The average Bonchev–Trinajstić information content (AvgIpc) is 2.86. The zero-order chi connectivity index (χ0) is 26.1. The van der Waals surface area contributed by atoms with Gasteiger partial charge in [0.15, 0.2) is 6.61 Å². The molecule has 5 nitrogen and oxygen atoms in total. The van der Waals surface area contributed by atoms with Crippen molar-refractivity contribution in [3.05, 3.63) is 101 Å². The van der Waals surface area contributed by atoms with Crippen LogP contribution < -0.4 is 10.1 Å². The number of hydrogen-bond donors (Lipinski definition) is 1. The van der Waals surface area contributed by atoms with Crippen LogP contribution in [0.1, 0.15) is 36.1 Å². The Kier molecular flexibility index (Phi) is 9.62. The van der Waals surface area contributed by atoms with Gasteiger partial charge < -0.3 is 15.0 Å². The largest absolute Gasteiger partial charge is 0.483 e. The molecule has 0 saturated heterocycles. The highest BCUT2D eigenvalue weighted by Gasteiger charge is 2.31. The number of ether oxygens (including phenoxy) is 1. The lowest BCUT2D eigenvalue weighted by molar-refractivity contribution is -0.142. The zero-order valence-corrected chi connectivity index (χ0v) is 21.5. The van der Waals surface area contributed by atoms with Crippen LogP contribution in [-0.2, 0) is 22.6 Å². The van der Waals surface area contributed by atoms with Crippen LogP contribution >= 0.6 is 0 Å². The molecule has 0 bridgehead atoms. The molecule has 0 saturated carbocycles. The monoisotopic (exact) mass is 490 g/mol. The van der Waals surface area contributed by atoms with Gasteiger partial charge in [0.1, 0.15) is 17.6 Å². The molecule has 6 heteroatoms. The molecule has 1 N–H and O–H groups in total. The fourth-order valence-electron chi connectivity index (χ4n) is 3.87. The van der Waals surface area contributed by atoms with Gasteiger partial charge in [-0.05, 0) is 48.6 Å². The van der Waals surface area contributed by atoms with Gasteiger partial charge in [0.25, 0.3) is 5.91 Å². The number of nitrogens with zero attached hydrogens (tertiary/aromatic N) is 1. The topological polar surface area (TPSA) is 58.6 Å². The molecule has 0 radical (unpaired) electrons. The minimum atomic E-state index is -0.833. The van der Waals surface area contributed by atoms with E-state index in [1.165, 1.54) is 11.0 Å². The quantitative estimate of drug-likeness (QED) is 0.400. The summed E-state index contributed by atoms with van der Waals surface area (Å²) in [6, 6.07) is 20.8. The smallest absolute Gasteiger partial charge is 0.261 e. The molecule has 3 rings (SSSR count). The van der Waals surface area contributed by atoms with Crippen molar-refractivity contribution in [2.45, 2.75) is 46.7 Å². The lowest BCUT2D eigenvalue weighted by Gasteiger charge is -2.32. The molecule has 0 aliphatic carbocycles. The minimum Gasteiger partial charge on any atom is -0.483 e. The Labute approximate surface area is 213 Å². The number of halogens is 1. The summed E-state index contributed by atoms with van der Waals surface area (Å²) in [5, 5.41) is 2.96. The molecule has 0 heterocycles. The highest BCUT2D eigenvalue weighted by Crippen LogP contribution is 2.21. The van der Waals surface area contributed by atoms with E-state index in [0.29, 0.717) is 24.3 Å². The Bertz CT molecular complexity index is 1160. The Hall–Kier alpha value is -3.67. The van der Waals surface area contributed by atoms with Crippen LogP contribution in [0.4, 0.5) is 4.39 Å². The third-order valence-electron chi connectivity index (χ3n) is 5.95. The highest BCUT2D eigenvalue weighted by molar-refractivity contribution is 5.88. The van der Waals surface area contributed by atoms with Gasteiger partial charge in [0.2, 0.25) is 5.91 Å². The van der Waals surface area contributed by atoms with Crippen LogP contribution in [-0.4, -0.2) is 35.9 Å². The van der Waals surface area contributed by atoms with Gasteiger partial charge in [-0.15, -0.1) is 0 Å². The van der Waals surface area contributed by atoms with Crippen LogP contribution in [0.2, 0.25) is 0 Å². The molecule has 3 aromatic carbocycles. The number of aryl methyl sites for hydroxylation is 2. The third-order valence-corrected chi connectivity index (χ3v) is 5.95. The van der Waals surface area contributed by atoms with Crippen LogP contribution in [0, 0.1) is 25.6 Å². The molecule has 190 valence electrons. The number of nitrogens with one attached hydrogen (secondary N) is 1. The number of carbonyl (C=O) groups is 2. The van der Waals surface area contributed by atoms with Crippen molar-refractivity contribution in [3.8, 4) is 5.75 Å². The fourth-order valence-corrected chi connectivity index (χ4v) is 3.87. The summed E-state index contributed by atoms with van der Waals surface area (Å²) in [4.78, 5) is 28.4. The second kappa shape index (κ2) is 12.9. The summed E-state index contributed by atoms with van der Waals surface area (Å²) >= 11 is 0. The Morgan fingerprint density at radius 2 is 1.67 bits per heavy atom. The van der Waals surface area contributed by atoms with Gasteiger partial charge in [-0.1, -0.05) is 74.5 Å². The molecule has 0 aliphatic rings. The van der Waals surface area contributed by atoms with Crippen molar-refractivity contribution in [1.82, 2.24) is 10.2 Å². The minimum absolute atomic E-state index is 0.0474. The summed E-state index contributed by atoms with van der Waals surface area (Å²) in [6.07, 6.45) is 0.300. The van der Waals surface area contributed by atoms with Crippen LogP contribution in [0.25, 0.3) is 0 Å². The van der Waals surface area contributed by atoms with E-state index in [9.17, 15) is 14.0 Å². The van der Waals surface area contributed by atoms with Gasteiger partial charge in [-0.3, -0.25) is 9.59 Å². The second-order valence-electron chi connectivity index (χ2n) is 9.52. The molecule has 0 unspecified atom stereocenters. The first-order valence-electron chi connectivity index (χ1n) is 12.3. The van der Waals surface area contributed by atoms with Gasteiger partial charge >= 0.3 is 0 Å². The van der Waals surface area contributed by atoms with E-state index in [-0.39, 0.29) is 30.9 Å². The molecule has 0 spiro atoms. The Balaban J connectivity index is 1.93. The zero-order valence-electron chi connectivity index (χ0n) is 21.5. The van der Waals surface area contributed by atoms with E-state index in [2.05, 4.69) is 5.32 Å². The lowest BCUT2D eigenvalue weighted by atomic mass is 10.0. The maximum Gasteiger partial charge on any atom is 0.261 e. The molecular weight excluding hydrogens is 455 g/mol. The SMILES string of the molecule is Cc1ccc(C)c(OCC(=O)N(Cc2ccccc2F)[C@H](Cc2ccccc2)C(=O)NCC(C)C)c1. The number of benzene rings is 3. The van der Waals surface area contributed by atoms with E-state index in [1.807, 2.05) is 76.2 Å². The number of hydrogen-bond acceptors (Lipinski definition) is 3. The van der Waals surface area contributed by atoms with Gasteiger partial charge in [-0.25, -0.2) is 4.39 Å². The molecular formula is C30H35FN2O3. The lowest BCUT2D eigenvalue weighted by Crippen LogP contribution is -2.52. The molecule has 3 aromatic rings. The molecule has 0 aromatic heterocycles. The van der Waals surface area contributed by atoms with E-state index in [4.69, 9.17) is 4.74 Å². The van der Waals surface area contributed by atoms with Crippen molar-refractivity contribution >= 4 is 11.8 Å². The molecule has 36 heavy (non-hydrogen) atoms. The summed E-state index contributed by atoms with van der Waals surface area (Å²) in [7, 11) is 0. The van der Waals surface area contributed by atoms with E-state index < -0.39 is 11.9 Å². The molecule has 0 fully saturated rings.